The Balaban J connectivity index is 2.32. The van der Waals surface area contributed by atoms with Gasteiger partial charge in [0.2, 0.25) is 0 Å². The van der Waals surface area contributed by atoms with Gasteiger partial charge in [-0.15, -0.1) is 11.6 Å². The maximum Gasteiger partial charge on any atom is 0.419 e. The monoisotopic (exact) mass is 522 g/mol. The normalized spacial score (nSPS) is 15.7. The largest absolute Gasteiger partial charge is 0.491 e. The number of aromatic nitrogens is 1. The van der Waals surface area contributed by atoms with Gasteiger partial charge in [-0.25, -0.2) is 19.0 Å². The van der Waals surface area contributed by atoms with Gasteiger partial charge in [-0.05, 0) is 59.6 Å². The number of ether oxygens (including phenoxy) is 3. The highest BCUT2D eigenvalue weighted by Crippen LogP contribution is 2.47. The molecule has 1 N–H and O–H groups in total. The first kappa shape index (κ1) is 27.6. The topological polar surface area (TPSA) is 107 Å². The number of carbonyl (C=O) groups is 3. The Bertz CT molecular complexity index is 1170. The highest BCUT2D eigenvalue weighted by atomic mass is 35.5. The lowest BCUT2D eigenvalue weighted by Gasteiger charge is -2.25. The van der Waals surface area contributed by atoms with Crippen molar-refractivity contribution in [2.75, 3.05) is 23.9 Å². The fraction of sp³-hybridized carbons (Fsp3) is 0.577. The van der Waals surface area contributed by atoms with E-state index in [9.17, 15) is 19.5 Å². The fourth-order valence-corrected chi connectivity index (χ4v) is 4.39. The Morgan fingerprint density at radius 3 is 2.19 bits per heavy atom. The molecule has 1 aromatic carbocycles. The molecule has 0 radical (unpaired) electrons. The summed E-state index contributed by atoms with van der Waals surface area (Å²) in [6.07, 6.45) is 0.247. The number of halogens is 1. The summed E-state index contributed by atoms with van der Waals surface area (Å²) in [4.78, 5) is 40.0. The summed E-state index contributed by atoms with van der Waals surface area (Å²) in [5.41, 5.74) is -0.368. The molecule has 2 heterocycles. The number of unbranched alkanes of at least 4 members (excludes halogenated alkanes) is 1. The van der Waals surface area contributed by atoms with Crippen LogP contribution in [0.3, 0.4) is 0 Å². The molecular weight excluding hydrogens is 488 g/mol. The molecule has 10 heteroatoms. The number of carboxylic acids is 1. The van der Waals surface area contributed by atoms with E-state index in [0.29, 0.717) is 23.2 Å². The van der Waals surface area contributed by atoms with Crippen LogP contribution in [0.4, 0.5) is 15.3 Å². The number of nitrogens with zero attached hydrogens (tertiary/aromatic N) is 2. The van der Waals surface area contributed by atoms with E-state index in [1.807, 2.05) is 6.92 Å². The summed E-state index contributed by atoms with van der Waals surface area (Å²) in [6, 6.07) is 3.08. The van der Waals surface area contributed by atoms with Crippen LogP contribution in [0.25, 0.3) is 10.9 Å². The molecule has 0 saturated heterocycles. The second kappa shape index (κ2) is 10.2. The number of hydrogen-bond acceptors (Lipinski definition) is 6. The number of amides is 1. The van der Waals surface area contributed by atoms with Crippen molar-refractivity contribution in [2.24, 2.45) is 0 Å². The summed E-state index contributed by atoms with van der Waals surface area (Å²) in [6.45, 7) is 13.1. The number of rotatable bonds is 6. The van der Waals surface area contributed by atoms with Crippen molar-refractivity contribution in [3.8, 4) is 5.75 Å². The number of anilines is 1. The minimum Gasteiger partial charge on any atom is -0.491 e. The zero-order valence-corrected chi connectivity index (χ0v) is 22.7. The first-order chi connectivity index (χ1) is 16.7. The Kier molecular flexibility index (Phi) is 7.83. The van der Waals surface area contributed by atoms with E-state index in [1.165, 1.54) is 11.0 Å². The average molecular weight is 523 g/mol. The second-order valence-corrected chi connectivity index (χ2v) is 11.2. The molecular formula is C26H35ClN2O7. The van der Waals surface area contributed by atoms with Gasteiger partial charge in [0.05, 0.1) is 12.3 Å². The zero-order valence-electron chi connectivity index (χ0n) is 21.9. The lowest BCUT2D eigenvalue weighted by molar-refractivity contribution is 0.0511. The van der Waals surface area contributed by atoms with Crippen molar-refractivity contribution in [3.05, 3.63) is 23.4 Å². The molecule has 0 spiro atoms. The number of carbonyl (C=O) groups excluding carboxylic acids is 2. The number of benzene rings is 1. The Labute approximate surface area is 216 Å². The van der Waals surface area contributed by atoms with E-state index >= 15 is 0 Å². The fourth-order valence-electron chi connectivity index (χ4n) is 4.14. The molecule has 0 bridgehead atoms. The van der Waals surface area contributed by atoms with Gasteiger partial charge in [-0.1, -0.05) is 13.3 Å². The van der Waals surface area contributed by atoms with Gasteiger partial charge in [0.25, 0.3) is 0 Å². The average Bonchev–Trinajstić information content (AvgIpc) is 3.30. The van der Waals surface area contributed by atoms with Crippen LogP contribution in [0.5, 0.6) is 5.75 Å². The van der Waals surface area contributed by atoms with Gasteiger partial charge < -0.3 is 19.3 Å². The minimum atomic E-state index is -1.30. The molecule has 0 aliphatic carbocycles. The standard InChI is InChI=1S/C26H35ClN2O7/c1-8-9-10-34-19-12-17-20(15(13-27)14-28(17)23(32)35-25(2,3)4)16-11-18(22(30)31)29(21(16)19)24(33)36-26(5,6)7/h11-12,15H,8-10,13-14H2,1-7H3,(H,30,31). The summed E-state index contributed by atoms with van der Waals surface area (Å²) < 4.78 is 18.3. The first-order valence-electron chi connectivity index (χ1n) is 12.1. The molecule has 1 aliphatic heterocycles. The highest BCUT2D eigenvalue weighted by molar-refractivity contribution is 6.19. The molecule has 1 aromatic heterocycles. The van der Waals surface area contributed by atoms with Crippen LogP contribution in [0.1, 0.15) is 83.3 Å². The molecule has 1 unspecified atom stereocenters. The third kappa shape index (κ3) is 5.72. The summed E-state index contributed by atoms with van der Waals surface area (Å²) in [5.74, 6) is -1.15. The van der Waals surface area contributed by atoms with E-state index in [-0.39, 0.29) is 35.3 Å². The Morgan fingerprint density at radius 2 is 1.67 bits per heavy atom. The SMILES string of the molecule is CCCCOc1cc2c(c3cc(C(=O)O)n(C(=O)OC(C)(C)C)c13)C(CCl)CN2C(=O)OC(C)(C)C. The molecule has 1 aliphatic rings. The molecule has 1 amide bonds. The van der Waals surface area contributed by atoms with Crippen LogP contribution in [-0.2, 0) is 9.47 Å². The van der Waals surface area contributed by atoms with Gasteiger partial charge in [-0.3, -0.25) is 4.90 Å². The Morgan fingerprint density at radius 1 is 1.06 bits per heavy atom. The molecule has 0 saturated carbocycles. The van der Waals surface area contributed by atoms with Crippen molar-refractivity contribution in [1.29, 1.82) is 0 Å². The minimum absolute atomic E-state index is 0.178. The van der Waals surface area contributed by atoms with Crippen LogP contribution >= 0.6 is 11.6 Å². The maximum absolute atomic E-state index is 13.2. The van der Waals surface area contributed by atoms with E-state index in [0.717, 1.165) is 17.4 Å². The third-order valence-electron chi connectivity index (χ3n) is 5.52. The molecule has 1 atom stereocenters. The first-order valence-corrected chi connectivity index (χ1v) is 12.6. The van der Waals surface area contributed by atoms with Crippen LogP contribution in [-0.4, -0.2) is 58.1 Å². The van der Waals surface area contributed by atoms with Crippen LogP contribution < -0.4 is 9.64 Å². The molecule has 9 nitrogen and oxygen atoms in total. The van der Waals surface area contributed by atoms with Gasteiger partial charge in [0.15, 0.2) is 0 Å². The second-order valence-electron chi connectivity index (χ2n) is 10.9. The smallest absolute Gasteiger partial charge is 0.419 e. The van der Waals surface area contributed by atoms with E-state index in [1.54, 1.807) is 47.6 Å². The van der Waals surface area contributed by atoms with Crippen molar-refractivity contribution < 1.29 is 33.7 Å². The third-order valence-corrected chi connectivity index (χ3v) is 5.89. The predicted molar refractivity (Wildman–Crippen MR) is 138 cm³/mol. The summed E-state index contributed by atoms with van der Waals surface area (Å²) in [7, 11) is 0. The number of hydrogen-bond donors (Lipinski definition) is 1. The highest BCUT2D eigenvalue weighted by Gasteiger charge is 2.39. The zero-order chi connectivity index (χ0) is 27.0. The van der Waals surface area contributed by atoms with E-state index < -0.39 is 29.4 Å². The molecule has 3 rings (SSSR count). The van der Waals surface area contributed by atoms with Gasteiger partial charge in [0.1, 0.15) is 28.2 Å². The number of alkyl halides is 1. The van der Waals surface area contributed by atoms with Crippen molar-refractivity contribution in [2.45, 2.75) is 78.4 Å². The van der Waals surface area contributed by atoms with Crippen molar-refractivity contribution >= 4 is 46.3 Å². The van der Waals surface area contributed by atoms with Gasteiger partial charge in [-0.2, -0.15) is 0 Å². The van der Waals surface area contributed by atoms with Gasteiger partial charge >= 0.3 is 18.2 Å². The van der Waals surface area contributed by atoms with Crippen LogP contribution in [0.2, 0.25) is 0 Å². The molecule has 198 valence electrons. The van der Waals surface area contributed by atoms with Crippen molar-refractivity contribution in [3.63, 3.8) is 0 Å². The molecule has 36 heavy (non-hydrogen) atoms. The predicted octanol–water partition coefficient (Wildman–Crippen LogP) is 6.38. The quantitative estimate of drug-likeness (QED) is 0.346. The number of fused-ring (bicyclic) bond motifs is 3. The summed E-state index contributed by atoms with van der Waals surface area (Å²) >= 11 is 6.32. The maximum atomic E-state index is 13.2. The van der Waals surface area contributed by atoms with Crippen LogP contribution in [0, 0.1) is 0 Å². The van der Waals surface area contributed by atoms with Crippen LogP contribution in [0.15, 0.2) is 12.1 Å². The van der Waals surface area contributed by atoms with E-state index in [2.05, 4.69) is 0 Å². The number of aromatic carboxylic acids is 1. The summed E-state index contributed by atoms with van der Waals surface area (Å²) in [5, 5.41) is 10.4. The van der Waals surface area contributed by atoms with Gasteiger partial charge in [0, 0.05) is 29.8 Å². The lowest BCUT2D eigenvalue weighted by atomic mass is 9.98. The molecule has 2 aromatic rings. The molecule has 0 fully saturated rings. The Hall–Kier alpha value is -2.94. The van der Waals surface area contributed by atoms with E-state index in [4.69, 9.17) is 25.8 Å². The lowest BCUT2D eigenvalue weighted by Crippen LogP contribution is -2.36. The van der Waals surface area contributed by atoms with Crippen molar-refractivity contribution in [1.82, 2.24) is 4.57 Å². The number of carboxylic acid groups (broad SMARTS) is 1.